The number of hydrogen-bond acceptors (Lipinski definition) is 4. The summed E-state index contributed by atoms with van der Waals surface area (Å²) in [7, 11) is 0. The van der Waals surface area contributed by atoms with Gasteiger partial charge in [-0.25, -0.2) is 4.98 Å². The molecule has 4 heteroatoms. The number of fused-ring (bicyclic) bond motifs is 1. The number of aromatic nitrogens is 1. The van der Waals surface area contributed by atoms with Crippen LogP contribution < -0.4 is 5.32 Å². The van der Waals surface area contributed by atoms with Gasteiger partial charge in [0, 0.05) is 37.6 Å². The van der Waals surface area contributed by atoms with Crippen LogP contribution in [0.1, 0.15) is 35.7 Å². The van der Waals surface area contributed by atoms with Crippen LogP contribution in [0.4, 0.5) is 0 Å². The van der Waals surface area contributed by atoms with Crippen LogP contribution >= 0.6 is 11.3 Å². The first-order chi connectivity index (χ1) is 9.70. The molecule has 0 aliphatic carbocycles. The van der Waals surface area contributed by atoms with Gasteiger partial charge in [-0.1, -0.05) is 38.1 Å². The maximum atomic E-state index is 4.72. The summed E-state index contributed by atoms with van der Waals surface area (Å²) in [6, 6.07) is 9.22. The van der Waals surface area contributed by atoms with Crippen molar-refractivity contribution in [2.24, 2.45) is 0 Å². The molecule has 0 saturated heterocycles. The minimum Gasteiger partial charge on any atom is -0.308 e. The predicted molar refractivity (Wildman–Crippen MR) is 83.5 cm³/mol. The van der Waals surface area contributed by atoms with Crippen LogP contribution in [0.2, 0.25) is 0 Å². The molecule has 0 fully saturated rings. The Kier molecular flexibility index (Phi) is 4.15. The van der Waals surface area contributed by atoms with Crippen molar-refractivity contribution < 1.29 is 0 Å². The van der Waals surface area contributed by atoms with E-state index in [9.17, 15) is 0 Å². The van der Waals surface area contributed by atoms with Crippen LogP contribution in [0.25, 0.3) is 0 Å². The van der Waals surface area contributed by atoms with Gasteiger partial charge in [0.25, 0.3) is 0 Å². The second kappa shape index (κ2) is 6.04. The molecule has 2 heterocycles. The Balaban J connectivity index is 1.57. The van der Waals surface area contributed by atoms with E-state index in [0.717, 1.165) is 26.2 Å². The van der Waals surface area contributed by atoms with Gasteiger partial charge in [-0.05, 0) is 11.1 Å². The molecule has 2 aromatic rings. The topological polar surface area (TPSA) is 28.2 Å². The maximum absolute atomic E-state index is 4.72. The Morgan fingerprint density at radius 3 is 2.60 bits per heavy atom. The van der Waals surface area contributed by atoms with E-state index in [4.69, 9.17) is 4.98 Å². The average Bonchev–Trinajstić information content (AvgIpc) is 3.02. The van der Waals surface area contributed by atoms with Crippen molar-refractivity contribution in [3.8, 4) is 0 Å². The SMILES string of the molecule is CC(C)NCc1nc(CN2Cc3ccccc3C2)cs1. The Hall–Kier alpha value is -1.23. The molecule has 0 unspecified atom stereocenters. The summed E-state index contributed by atoms with van der Waals surface area (Å²) in [6.07, 6.45) is 0. The summed E-state index contributed by atoms with van der Waals surface area (Å²) in [5.41, 5.74) is 4.12. The summed E-state index contributed by atoms with van der Waals surface area (Å²) in [5, 5.41) is 6.80. The molecule has 20 heavy (non-hydrogen) atoms. The first-order valence-corrected chi connectivity index (χ1v) is 8.04. The van der Waals surface area contributed by atoms with E-state index < -0.39 is 0 Å². The Labute approximate surface area is 124 Å². The van der Waals surface area contributed by atoms with Gasteiger partial charge in [-0.2, -0.15) is 0 Å². The minimum atomic E-state index is 0.510. The molecule has 0 radical (unpaired) electrons. The van der Waals surface area contributed by atoms with Gasteiger partial charge < -0.3 is 5.32 Å². The lowest BCUT2D eigenvalue weighted by Crippen LogP contribution is -2.21. The fourth-order valence-corrected chi connectivity index (χ4v) is 3.27. The number of rotatable bonds is 5. The van der Waals surface area contributed by atoms with Gasteiger partial charge in [0.15, 0.2) is 0 Å². The molecule has 0 saturated carbocycles. The molecule has 0 bridgehead atoms. The summed E-state index contributed by atoms with van der Waals surface area (Å²) in [4.78, 5) is 7.18. The van der Waals surface area contributed by atoms with Crippen LogP contribution in [0, 0.1) is 0 Å². The molecule has 0 spiro atoms. The van der Waals surface area contributed by atoms with E-state index in [2.05, 4.69) is 53.7 Å². The molecule has 3 nitrogen and oxygen atoms in total. The van der Waals surface area contributed by atoms with Crippen molar-refractivity contribution in [2.75, 3.05) is 0 Å². The van der Waals surface area contributed by atoms with Crippen LogP contribution in [-0.2, 0) is 26.2 Å². The van der Waals surface area contributed by atoms with Gasteiger partial charge in [0.1, 0.15) is 5.01 Å². The highest BCUT2D eigenvalue weighted by Gasteiger charge is 2.19. The monoisotopic (exact) mass is 287 g/mol. The van der Waals surface area contributed by atoms with Gasteiger partial charge in [0.05, 0.1) is 5.69 Å². The van der Waals surface area contributed by atoms with Crippen molar-refractivity contribution in [2.45, 2.75) is 46.1 Å². The Morgan fingerprint density at radius 2 is 1.95 bits per heavy atom. The molecule has 1 aromatic heterocycles. The second-order valence-corrected chi connectivity index (χ2v) is 6.62. The van der Waals surface area contributed by atoms with E-state index in [0.29, 0.717) is 6.04 Å². The molecule has 1 N–H and O–H groups in total. The zero-order valence-corrected chi connectivity index (χ0v) is 12.9. The maximum Gasteiger partial charge on any atom is 0.107 e. The fraction of sp³-hybridized carbons (Fsp3) is 0.438. The zero-order chi connectivity index (χ0) is 13.9. The van der Waals surface area contributed by atoms with Gasteiger partial charge in [-0.3, -0.25) is 4.90 Å². The first kappa shape index (κ1) is 13.7. The zero-order valence-electron chi connectivity index (χ0n) is 12.1. The van der Waals surface area contributed by atoms with Crippen LogP contribution in [-0.4, -0.2) is 15.9 Å². The minimum absolute atomic E-state index is 0.510. The van der Waals surface area contributed by atoms with E-state index in [1.807, 2.05) is 0 Å². The van der Waals surface area contributed by atoms with Crippen molar-refractivity contribution in [3.05, 3.63) is 51.5 Å². The molecule has 106 valence electrons. The van der Waals surface area contributed by atoms with Crippen molar-refractivity contribution >= 4 is 11.3 Å². The lowest BCUT2D eigenvalue weighted by atomic mass is 10.1. The average molecular weight is 287 g/mol. The summed E-state index contributed by atoms with van der Waals surface area (Å²) >= 11 is 1.76. The van der Waals surface area contributed by atoms with Crippen LogP contribution in [0.15, 0.2) is 29.6 Å². The van der Waals surface area contributed by atoms with E-state index >= 15 is 0 Å². The molecule has 0 atom stereocenters. The fourth-order valence-electron chi connectivity index (χ4n) is 2.54. The lowest BCUT2D eigenvalue weighted by molar-refractivity contribution is 0.272. The van der Waals surface area contributed by atoms with Crippen molar-refractivity contribution in [3.63, 3.8) is 0 Å². The molecule has 3 rings (SSSR count). The molecule has 1 aliphatic rings. The van der Waals surface area contributed by atoms with Crippen LogP contribution in [0.5, 0.6) is 0 Å². The number of nitrogens with zero attached hydrogens (tertiary/aromatic N) is 2. The second-order valence-electron chi connectivity index (χ2n) is 5.68. The van der Waals surface area contributed by atoms with Crippen LogP contribution in [0.3, 0.4) is 0 Å². The first-order valence-electron chi connectivity index (χ1n) is 7.16. The third kappa shape index (κ3) is 3.26. The van der Waals surface area contributed by atoms with Crippen molar-refractivity contribution in [1.82, 2.24) is 15.2 Å². The predicted octanol–water partition coefficient (Wildman–Crippen LogP) is 3.16. The summed E-state index contributed by atoms with van der Waals surface area (Å²) < 4.78 is 0. The smallest absolute Gasteiger partial charge is 0.107 e. The molecule has 0 amide bonds. The van der Waals surface area contributed by atoms with Crippen molar-refractivity contribution in [1.29, 1.82) is 0 Å². The standard InChI is InChI=1S/C16H21N3S/c1-12(2)17-7-16-18-15(11-20-16)10-19-8-13-5-3-4-6-14(13)9-19/h3-6,11-12,17H,7-10H2,1-2H3. The quantitative estimate of drug-likeness (QED) is 0.915. The highest BCUT2D eigenvalue weighted by atomic mass is 32.1. The number of thiazole rings is 1. The Morgan fingerprint density at radius 1 is 1.25 bits per heavy atom. The molecular formula is C16H21N3S. The third-order valence-corrected chi connectivity index (χ3v) is 4.45. The highest BCUT2D eigenvalue weighted by Crippen LogP contribution is 2.24. The van der Waals surface area contributed by atoms with E-state index in [1.54, 1.807) is 11.3 Å². The summed E-state index contributed by atoms with van der Waals surface area (Å²) in [6.45, 7) is 8.25. The molecular weight excluding hydrogens is 266 g/mol. The number of nitrogens with one attached hydrogen (secondary N) is 1. The lowest BCUT2D eigenvalue weighted by Gasteiger charge is -2.12. The van der Waals surface area contributed by atoms with E-state index in [1.165, 1.54) is 21.8 Å². The van der Waals surface area contributed by atoms with Gasteiger partial charge >= 0.3 is 0 Å². The van der Waals surface area contributed by atoms with Gasteiger partial charge in [-0.15, -0.1) is 11.3 Å². The Bertz CT molecular complexity index is 552. The number of hydrogen-bond donors (Lipinski definition) is 1. The highest BCUT2D eigenvalue weighted by molar-refractivity contribution is 7.09. The van der Waals surface area contributed by atoms with Gasteiger partial charge in [0.2, 0.25) is 0 Å². The molecule has 1 aromatic carbocycles. The van der Waals surface area contributed by atoms with E-state index in [-0.39, 0.29) is 0 Å². The molecule has 1 aliphatic heterocycles. The number of benzene rings is 1. The normalized spacial score (nSPS) is 14.9. The largest absolute Gasteiger partial charge is 0.308 e. The third-order valence-electron chi connectivity index (χ3n) is 3.55. The summed E-state index contributed by atoms with van der Waals surface area (Å²) in [5.74, 6) is 0.